The van der Waals surface area contributed by atoms with Gasteiger partial charge in [-0.2, -0.15) is 0 Å². The molecule has 27 heavy (non-hydrogen) atoms. The van der Waals surface area contributed by atoms with E-state index in [-0.39, 0.29) is 11.6 Å². The van der Waals surface area contributed by atoms with Gasteiger partial charge in [-0.15, -0.1) is 11.7 Å². The van der Waals surface area contributed by atoms with E-state index in [1.807, 2.05) is 18.2 Å². The van der Waals surface area contributed by atoms with Crippen molar-refractivity contribution in [2.24, 2.45) is 5.41 Å². The van der Waals surface area contributed by atoms with Crippen molar-refractivity contribution in [3.8, 4) is 0 Å². The van der Waals surface area contributed by atoms with Crippen molar-refractivity contribution in [1.29, 1.82) is 0 Å². The molecule has 4 nitrogen and oxygen atoms in total. The predicted octanol–water partition coefficient (Wildman–Crippen LogP) is 5.44. The normalized spacial score (nSPS) is 13.2. The first-order valence-electron chi connectivity index (χ1n) is 9.69. The molecule has 2 aromatic carbocycles. The molecule has 0 N–H and O–H groups in total. The molecule has 142 valence electrons. The number of allylic oxidation sites excluding steroid dienone is 1. The van der Waals surface area contributed by atoms with Crippen LogP contribution in [0.5, 0.6) is 0 Å². The average Bonchev–Trinajstić information content (AvgIpc) is 3.05. The van der Waals surface area contributed by atoms with Gasteiger partial charge in [0.25, 0.3) is 0 Å². The minimum absolute atomic E-state index is 0.000565. The van der Waals surface area contributed by atoms with E-state index >= 15 is 0 Å². The van der Waals surface area contributed by atoms with Crippen LogP contribution in [0, 0.1) is 5.41 Å². The second kappa shape index (κ2) is 8.49. The maximum Gasteiger partial charge on any atom is 0.113 e. The van der Waals surface area contributed by atoms with Crippen molar-refractivity contribution >= 4 is 11.0 Å². The SMILES string of the molecule is C=CCCCN(Cc1ccccc1)C(n1nnc2ccccc21)C(C)(C)C. The number of unbranched alkanes of at least 4 members (excludes halogenated alkanes) is 1. The fourth-order valence-corrected chi connectivity index (χ4v) is 3.68. The van der Waals surface area contributed by atoms with Crippen molar-refractivity contribution in [3.63, 3.8) is 0 Å². The summed E-state index contributed by atoms with van der Waals surface area (Å²) in [5.74, 6) is 0. The van der Waals surface area contributed by atoms with Crippen molar-refractivity contribution in [3.05, 3.63) is 72.8 Å². The van der Waals surface area contributed by atoms with Gasteiger partial charge in [0.1, 0.15) is 11.7 Å². The molecule has 0 bridgehead atoms. The Hall–Kier alpha value is -2.46. The molecular formula is C23H30N4. The fraction of sp³-hybridized carbons (Fsp3) is 0.391. The summed E-state index contributed by atoms with van der Waals surface area (Å²) in [6, 6.07) is 18.9. The topological polar surface area (TPSA) is 34.0 Å². The molecule has 4 heteroatoms. The van der Waals surface area contributed by atoms with Gasteiger partial charge < -0.3 is 0 Å². The Kier molecular flexibility index (Phi) is 6.07. The minimum Gasteiger partial charge on any atom is -0.277 e. The third kappa shape index (κ3) is 4.64. The first-order valence-corrected chi connectivity index (χ1v) is 9.69. The Morgan fingerprint density at radius 2 is 1.78 bits per heavy atom. The molecule has 1 unspecified atom stereocenters. The molecular weight excluding hydrogens is 332 g/mol. The highest BCUT2D eigenvalue weighted by Gasteiger charge is 2.33. The summed E-state index contributed by atoms with van der Waals surface area (Å²) < 4.78 is 2.10. The number of hydrogen-bond acceptors (Lipinski definition) is 3. The zero-order chi connectivity index (χ0) is 19.3. The summed E-state index contributed by atoms with van der Waals surface area (Å²) in [6.07, 6.45) is 4.20. The minimum atomic E-state index is -0.000565. The molecule has 1 atom stereocenters. The summed E-state index contributed by atoms with van der Waals surface area (Å²) in [7, 11) is 0. The smallest absolute Gasteiger partial charge is 0.113 e. The van der Waals surface area contributed by atoms with E-state index in [1.54, 1.807) is 0 Å². The van der Waals surface area contributed by atoms with Gasteiger partial charge in [-0.25, -0.2) is 4.68 Å². The van der Waals surface area contributed by atoms with E-state index in [9.17, 15) is 0 Å². The maximum absolute atomic E-state index is 4.56. The van der Waals surface area contributed by atoms with Crippen LogP contribution in [0.3, 0.4) is 0 Å². The third-order valence-corrected chi connectivity index (χ3v) is 4.81. The summed E-state index contributed by atoms with van der Waals surface area (Å²) in [6.45, 7) is 12.6. The van der Waals surface area contributed by atoms with Crippen molar-refractivity contribution in [2.45, 2.75) is 46.3 Å². The van der Waals surface area contributed by atoms with Crippen molar-refractivity contribution < 1.29 is 0 Å². The zero-order valence-corrected chi connectivity index (χ0v) is 16.7. The molecule has 0 aliphatic carbocycles. The molecule has 3 aromatic rings. The highest BCUT2D eigenvalue weighted by atomic mass is 15.5. The molecule has 0 fully saturated rings. The number of rotatable bonds is 8. The highest BCUT2D eigenvalue weighted by molar-refractivity contribution is 5.74. The largest absolute Gasteiger partial charge is 0.277 e. The highest BCUT2D eigenvalue weighted by Crippen LogP contribution is 2.36. The summed E-state index contributed by atoms with van der Waals surface area (Å²) in [5, 5.41) is 8.97. The van der Waals surface area contributed by atoms with Crippen LogP contribution in [0.25, 0.3) is 11.0 Å². The lowest BCUT2D eigenvalue weighted by molar-refractivity contribution is 0.0275. The van der Waals surface area contributed by atoms with Gasteiger partial charge in [-0.1, -0.05) is 74.5 Å². The number of fused-ring (bicyclic) bond motifs is 1. The van der Waals surface area contributed by atoms with E-state index in [2.05, 4.69) is 89.7 Å². The zero-order valence-electron chi connectivity index (χ0n) is 16.7. The maximum atomic E-state index is 4.56. The molecule has 0 amide bonds. The number of nitrogens with zero attached hydrogens (tertiary/aromatic N) is 4. The predicted molar refractivity (Wildman–Crippen MR) is 112 cm³/mol. The summed E-state index contributed by atoms with van der Waals surface area (Å²) in [4.78, 5) is 2.53. The van der Waals surface area contributed by atoms with Crippen molar-refractivity contribution in [1.82, 2.24) is 19.9 Å². The van der Waals surface area contributed by atoms with E-state index in [0.717, 1.165) is 37.0 Å². The quantitative estimate of drug-likeness (QED) is 0.395. The average molecular weight is 363 g/mol. The molecule has 3 rings (SSSR count). The Morgan fingerprint density at radius 3 is 2.48 bits per heavy atom. The van der Waals surface area contributed by atoms with E-state index in [4.69, 9.17) is 0 Å². The molecule has 0 saturated heterocycles. The Morgan fingerprint density at radius 1 is 1.07 bits per heavy atom. The molecule has 0 aliphatic rings. The van der Waals surface area contributed by atoms with Crippen LogP contribution >= 0.6 is 0 Å². The number of hydrogen-bond donors (Lipinski definition) is 0. The second-order valence-corrected chi connectivity index (χ2v) is 8.15. The summed E-state index contributed by atoms with van der Waals surface area (Å²) in [5.41, 5.74) is 3.34. The summed E-state index contributed by atoms with van der Waals surface area (Å²) >= 11 is 0. The first-order chi connectivity index (χ1) is 13.0. The second-order valence-electron chi connectivity index (χ2n) is 8.15. The molecule has 0 aliphatic heterocycles. The van der Waals surface area contributed by atoms with Crippen LogP contribution in [0.1, 0.15) is 45.3 Å². The lowest BCUT2D eigenvalue weighted by atomic mass is 9.90. The van der Waals surface area contributed by atoms with Crippen LogP contribution in [-0.4, -0.2) is 26.4 Å². The van der Waals surface area contributed by atoms with E-state index < -0.39 is 0 Å². The van der Waals surface area contributed by atoms with Gasteiger partial charge in [0.05, 0.1) is 5.52 Å². The van der Waals surface area contributed by atoms with E-state index in [0.29, 0.717) is 0 Å². The molecule has 1 heterocycles. The number of benzene rings is 2. The first kappa shape index (κ1) is 19.3. The third-order valence-electron chi connectivity index (χ3n) is 4.81. The van der Waals surface area contributed by atoms with Gasteiger partial charge in [0.2, 0.25) is 0 Å². The van der Waals surface area contributed by atoms with Crippen molar-refractivity contribution in [2.75, 3.05) is 6.54 Å². The van der Waals surface area contributed by atoms with Gasteiger partial charge in [0.15, 0.2) is 0 Å². The van der Waals surface area contributed by atoms with Gasteiger partial charge in [-0.05, 0) is 36.0 Å². The Labute approximate surface area is 162 Å². The monoisotopic (exact) mass is 362 g/mol. The van der Waals surface area contributed by atoms with Crippen LogP contribution in [0.4, 0.5) is 0 Å². The lowest BCUT2D eigenvalue weighted by Crippen LogP contribution is -2.41. The van der Waals surface area contributed by atoms with Crippen LogP contribution in [-0.2, 0) is 6.54 Å². The standard InChI is InChI=1S/C23H30N4/c1-5-6-12-17-26(18-19-13-8-7-9-14-19)22(23(2,3)4)27-21-16-11-10-15-20(21)24-25-27/h5,7-11,13-16,22H,1,6,12,17-18H2,2-4H3. The van der Waals surface area contributed by atoms with Crippen LogP contribution in [0.2, 0.25) is 0 Å². The molecule has 1 aromatic heterocycles. The molecule has 0 spiro atoms. The Bertz CT molecular complexity index is 861. The molecule has 0 radical (unpaired) electrons. The van der Waals surface area contributed by atoms with Crippen LogP contribution < -0.4 is 0 Å². The van der Waals surface area contributed by atoms with Gasteiger partial charge >= 0.3 is 0 Å². The van der Waals surface area contributed by atoms with Gasteiger partial charge in [0, 0.05) is 13.1 Å². The number of para-hydroxylation sites is 1. The van der Waals surface area contributed by atoms with E-state index in [1.165, 1.54) is 5.56 Å². The molecule has 0 saturated carbocycles. The lowest BCUT2D eigenvalue weighted by Gasteiger charge is -2.40. The van der Waals surface area contributed by atoms with Crippen LogP contribution in [0.15, 0.2) is 67.3 Å². The van der Waals surface area contributed by atoms with Gasteiger partial charge in [-0.3, -0.25) is 4.90 Å². The fourth-order valence-electron chi connectivity index (χ4n) is 3.68. The Balaban J connectivity index is 2.00. The number of aromatic nitrogens is 3.